The van der Waals surface area contributed by atoms with Crippen LogP contribution >= 0.6 is 0 Å². The predicted molar refractivity (Wildman–Crippen MR) is 93.9 cm³/mol. The fourth-order valence-corrected chi connectivity index (χ4v) is 2.17. The maximum Gasteiger partial charge on any atom is 0.313 e. The third kappa shape index (κ3) is 4.84. The van der Waals surface area contributed by atoms with Gasteiger partial charge in [0.1, 0.15) is 5.75 Å². The zero-order valence-corrected chi connectivity index (χ0v) is 14.1. The quantitative estimate of drug-likeness (QED) is 0.830. The molecule has 0 aliphatic carbocycles. The molecule has 0 saturated carbocycles. The fourth-order valence-electron chi connectivity index (χ4n) is 2.17. The average Bonchev–Trinajstić information content (AvgIpc) is 2.55. The summed E-state index contributed by atoms with van der Waals surface area (Å²) in [7, 11) is 0. The topological polar surface area (TPSA) is 67.4 Å². The number of carbonyl (C=O) groups is 2. The minimum Gasteiger partial charge on any atom is -0.489 e. The summed E-state index contributed by atoms with van der Waals surface area (Å²) < 4.78 is 5.62. The summed E-state index contributed by atoms with van der Waals surface area (Å²) in [5.41, 5.74) is 2.51. The van der Waals surface area contributed by atoms with Gasteiger partial charge in [-0.05, 0) is 44.0 Å². The Balaban J connectivity index is 1.97. The Morgan fingerprint density at radius 2 is 1.67 bits per heavy atom. The minimum absolute atomic E-state index is 0.0297. The maximum absolute atomic E-state index is 12.1. The van der Waals surface area contributed by atoms with Crippen molar-refractivity contribution in [1.29, 1.82) is 0 Å². The van der Waals surface area contributed by atoms with Gasteiger partial charge in [-0.3, -0.25) is 9.59 Å². The highest BCUT2D eigenvalue weighted by molar-refractivity contribution is 6.39. The molecule has 2 aromatic rings. The molecule has 0 aliphatic heterocycles. The highest BCUT2D eigenvalue weighted by Crippen LogP contribution is 2.24. The van der Waals surface area contributed by atoms with E-state index >= 15 is 0 Å². The third-order valence-corrected chi connectivity index (χ3v) is 3.40. The lowest BCUT2D eigenvalue weighted by Gasteiger charge is -2.14. The van der Waals surface area contributed by atoms with E-state index in [-0.39, 0.29) is 6.10 Å². The summed E-state index contributed by atoms with van der Waals surface area (Å²) in [6, 6.07) is 14.7. The lowest BCUT2D eigenvalue weighted by Crippen LogP contribution is -2.35. The van der Waals surface area contributed by atoms with Crippen molar-refractivity contribution in [2.45, 2.75) is 33.4 Å². The number of hydrogen-bond donors (Lipinski definition) is 2. The Labute approximate surface area is 142 Å². The van der Waals surface area contributed by atoms with Crippen molar-refractivity contribution in [2.75, 3.05) is 5.32 Å². The Bertz CT molecular complexity index is 726. The molecule has 0 unspecified atom stereocenters. The molecule has 0 atom stereocenters. The van der Waals surface area contributed by atoms with E-state index in [2.05, 4.69) is 10.6 Å². The smallest absolute Gasteiger partial charge is 0.313 e. The Morgan fingerprint density at radius 1 is 1.00 bits per heavy atom. The molecule has 0 bridgehead atoms. The molecule has 0 aromatic heterocycles. The summed E-state index contributed by atoms with van der Waals surface area (Å²) in [6.45, 7) is 6.06. The number of ether oxygens (including phenoxy) is 1. The van der Waals surface area contributed by atoms with Crippen LogP contribution in [0.2, 0.25) is 0 Å². The van der Waals surface area contributed by atoms with E-state index in [9.17, 15) is 9.59 Å². The van der Waals surface area contributed by atoms with Crippen LogP contribution in [-0.2, 0) is 16.1 Å². The van der Waals surface area contributed by atoms with Crippen molar-refractivity contribution in [3.63, 3.8) is 0 Å². The molecule has 24 heavy (non-hydrogen) atoms. The zero-order chi connectivity index (χ0) is 17.5. The normalized spacial score (nSPS) is 10.3. The van der Waals surface area contributed by atoms with Gasteiger partial charge in [-0.25, -0.2) is 0 Å². The van der Waals surface area contributed by atoms with Crippen LogP contribution < -0.4 is 15.4 Å². The highest BCUT2D eigenvalue weighted by atomic mass is 16.5. The van der Waals surface area contributed by atoms with Crippen molar-refractivity contribution < 1.29 is 14.3 Å². The molecule has 2 rings (SSSR count). The van der Waals surface area contributed by atoms with E-state index in [4.69, 9.17) is 4.74 Å². The van der Waals surface area contributed by atoms with Gasteiger partial charge in [-0.1, -0.05) is 36.4 Å². The first-order chi connectivity index (χ1) is 11.5. The van der Waals surface area contributed by atoms with Crippen molar-refractivity contribution >= 4 is 17.5 Å². The molecule has 2 amide bonds. The number of benzene rings is 2. The second-order valence-corrected chi connectivity index (χ2v) is 5.73. The number of para-hydroxylation sites is 2. The van der Waals surface area contributed by atoms with Crippen LogP contribution in [0.25, 0.3) is 0 Å². The molecule has 126 valence electrons. The Morgan fingerprint density at radius 3 is 2.38 bits per heavy atom. The van der Waals surface area contributed by atoms with Crippen LogP contribution in [0.1, 0.15) is 25.0 Å². The van der Waals surface area contributed by atoms with Crippen molar-refractivity contribution in [2.24, 2.45) is 0 Å². The number of anilines is 1. The molecule has 0 fully saturated rings. The predicted octanol–water partition coefficient (Wildman–Crippen LogP) is 3.04. The second kappa shape index (κ2) is 8.15. The summed E-state index contributed by atoms with van der Waals surface area (Å²) in [5.74, 6) is -0.867. The van der Waals surface area contributed by atoms with Gasteiger partial charge in [0, 0.05) is 6.54 Å². The first-order valence-corrected chi connectivity index (χ1v) is 7.86. The number of aryl methyl sites for hydroxylation is 1. The van der Waals surface area contributed by atoms with Crippen LogP contribution in [0.4, 0.5) is 5.69 Å². The van der Waals surface area contributed by atoms with E-state index < -0.39 is 11.8 Å². The van der Waals surface area contributed by atoms with Gasteiger partial charge in [0.25, 0.3) is 0 Å². The fraction of sp³-hybridized carbons (Fsp3) is 0.263. The lowest BCUT2D eigenvalue weighted by molar-refractivity contribution is -0.136. The Kier molecular flexibility index (Phi) is 5.95. The molecule has 0 aliphatic rings. The summed E-state index contributed by atoms with van der Waals surface area (Å²) in [6.07, 6.45) is -0.0297. The molecule has 2 N–H and O–H groups in total. The van der Waals surface area contributed by atoms with E-state index in [1.165, 1.54) is 0 Å². The molecule has 5 nitrogen and oxygen atoms in total. The maximum atomic E-state index is 12.1. The van der Waals surface area contributed by atoms with Crippen LogP contribution in [-0.4, -0.2) is 17.9 Å². The SMILES string of the molecule is Cc1ccccc1CNC(=O)C(=O)Nc1ccccc1OC(C)C. The summed E-state index contributed by atoms with van der Waals surface area (Å²) in [4.78, 5) is 24.1. The first-order valence-electron chi connectivity index (χ1n) is 7.86. The molecule has 0 saturated heterocycles. The van der Waals surface area contributed by atoms with Crippen molar-refractivity contribution in [3.8, 4) is 5.75 Å². The molecular formula is C19H22N2O3. The highest BCUT2D eigenvalue weighted by Gasteiger charge is 2.16. The van der Waals surface area contributed by atoms with Gasteiger partial charge >= 0.3 is 11.8 Å². The molecular weight excluding hydrogens is 304 g/mol. The van der Waals surface area contributed by atoms with Gasteiger partial charge in [0.05, 0.1) is 11.8 Å². The third-order valence-electron chi connectivity index (χ3n) is 3.40. The number of amides is 2. The van der Waals surface area contributed by atoms with Crippen LogP contribution in [0, 0.1) is 6.92 Å². The Hall–Kier alpha value is -2.82. The largest absolute Gasteiger partial charge is 0.489 e. The minimum atomic E-state index is -0.719. The molecule has 0 heterocycles. The average molecular weight is 326 g/mol. The second-order valence-electron chi connectivity index (χ2n) is 5.73. The molecule has 2 aromatic carbocycles. The summed E-state index contributed by atoms with van der Waals surface area (Å²) >= 11 is 0. The standard InChI is InChI=1S/C19H22N2O3/c1-13(2)24-17-11-7-6-10-16(17)21-19(23)18(22)20-12-15-9-5-4-8-14(15)3/h4-11,13H,12H2,1-3H3,(H,20,22)(H,21,23). The van der Waals surface area contributed by atoms with E-state index in [0.717, 1.165) is 11.1 Å². The zero-order valence-electron chi connectivity index (χ0n) is 14.1. The number of rotatable bonds is 5. The van der Waals surface area contributed by atoms with Gasteiger partial charge in [0.2, 0.25) is 0 Å². The number of nitrogens with one attached hydrogen (secondary N) is 2. The summed E-state index contributed by atoms with van der Waals surface area (Å²) in [5, 5.41) is 5.22. The molecule has 0 spiro atoms. The number of hydrogen-bond acceptors (Lipinski definition) is 3. The lowest BCUT2D eigenvalue weighted by atomic mass is 10.1. The van der Waals surface area contributed by atoms with Gasteiger partial charge in [-0.15, -0.1) is 0 Å². The number of carbonyl (C=O) groups excluding carboxylic acids is 2. The molecule has 5 heteroatoms. The van der Waals surface area contributed by atoms with Crippen LogP contribution in [0.15, 0.2) is 48.5 Å². The van der Waals surface area contributed by atoms with E-state index in [1.54, 1.807) is 18.2 Å². The van der Waals surface area contributed by atoms with E-state index in [0.29, 0.717) is 18.0 Å². The monoisotopic (exact) mass is 326 g/mol. The molecule has 0 radical (unpaired) electrons. The van der Waals surface area contributed by atoms with Crippen LogP contribution in [0.5, 0.6) is 5.75 Å². The first kappa shape index (κ1) is 17.5. The van der Waals surface area contributed by atoms with Gasteiger partial charge in [0.15, 0.2) is 0 Å². The van der Waals surface area contributed by atoms with Crippen LogP contribution in [0.3, 0.4) is 0 Å². The van der Waals surface area contributed by atoms with Gasteiger partial charge in [-0.2, -0.15) is 0 Å². The van der Waals surface area contributed by atoms with Crippen molar-refractivity contribution in [3.05, 3.63) is 59.7 Å². The van der Waals surface area contributed by atoms with Gasteiger partial charge < -0.3 is 15.4 Å². The van der Waals surface area contributed by atoms with E-state index in [1.807, 2.05) is 51.1 Å². The van der Waals surface area contributed by atoms with Crippen molar-refractivity contribution in [1.82, 2.24) is 5.32 Å².